The van der Waals surface area contributed by atoms with Gasteiger partial charge in [-0.3, -0.25) is 4.79 Å². The van der Waals surface area contributed by atoms with Crippen molar-refractivity contribution in [2.24, 2.45) is 0 Å². The van der Waals surface area contributed by atoms with E-state index in [-0.39, 0.29) is 5.78 Å². The lowest BCUT2D eigenvalue weighted by Crippen LogP contribution is -2.05. The monoisotopic (exact) mass is 282 g/mol. The number of hydrogen-bond acceptors (Lipinski definition) is 2. The highest BCUT2D eigenvalue weighted by Crippen LogP contribution is 2.20. The molecule has 2 aromatic rings. The summed E-state index contributed by atoms with van der Waals surface area (Å²) in [5.74, 6) is 1.10. The van der Waals surface area contributed by atoms with Crippen molar-refractivity contribution in [2.45, 2.75) is 39.2 Å². The van der Waals surface area contributed by atoms with E-state index >= 15 is 0 Å². The van der Waals surface area contributed by atoms with Crippen LogP contribution in [0, 0.1) is 0 Å². The van der Waals surface area contributed by atoms with E-state index in [1.807, 2.05) is 54.6 Å². The molecule has 0 bridgehead atoms. The quantitative estimate of drug-likeness (QED) is 0.709. The van der Waals surface area contributed by atoms with E-state index in [4.69, 9.17) is 4.74 Å². The second kappa shape index (κ2) is 8.25. The Bertz CT molecular complexity index is 561. The van der Waals surface area contributed by atoms with Crippen LogP contribution in [-0.4, -0.2) is 5.78 Å². The van der Waals surface area contributed by atoms with Gasteiger partial charge >= 0.3 is 0 Å². The molecule has 2 aromatic carbocycles. The van der Waals surface area contributed by atoms with Crippen molar-refractivity contribution in [2.75, 3.05) is 0 Å². The van der Waals surface area contributed by atoms with Crippen LogP contribution in [0.25, 0.3) is 0 Å². The smallest absolute Gasteiger partial charge is 0.137 e. The van der Waals surface area contributed by atoms with Crippen molar-refractivity contribution < 1.29 is 9.53 Å². The first-order chi connectivity index (χ1) is 10.3. The zero-order valence-electron chi connectivity index (χ0n) is 12.5. The average molecular weight is 282 g/mol. The number of ether oxygens (including phenoxy) is 1. The van der Waals surface area contributed by atoms with Gasteiger partial charge in [-0.2, -0.15) is 0 Å². The van der Waals surface area contributed by atoms with Crippen LogP contribution < -0.4 is 4.74 Å². The number of rotatable bonds is 8. The molecule has 2 heteroatoms. The summed E-state index contributed by atoms with van der Waals surface area (Å²) in [5.41, 5.74) is 2.11. The number of hydrogen-bond donors (Lipinski definition) is 0. The van der Waals surface area contributed by atoms with E-state index in [9.17, 15) is 4.79 Å². The Kier molecular flexibility index (Phi) is 6.01. The molecule has 0 amide bonds. The predicted octanol–water partition coefficient (Wildman–Crippen LogP) is 4.57. The van der Waals surface area contributed by atoms with Crippen LogP contribution in [0.5, 0.6) is 5.75 Å². The SMILES string of the molecule is CCCCC(=O)Cc1ccccc1OCc1ccccc1. The summed E-state index contributed by atoms with van der Waals surface area (Å²) < 4.78 is 5.88. The van der Waals surface area contributed by atoms with E-state index in [0.717, 1.165) is 29.7 Å². The molecule has 2 rings (SSSR count). The molecule has 0 fully saturated rings. The fourth-order valence-corrected chi connectivity index (χ4v) is 2.20. The number of carbonyl (C=O) groups excluding carboxylic acids is 1. The van der Waals surface area contributed by atoms with Crippen molar-refractivity contribution in [3.8, 4) is 5.75 Å². The predicted molar refractivity (Wildman–Crippen MR) is 85.5 cm³/mol. The lowest BCUT2D eigenvalue weighted by molar-refractivity contribution is -0.118. The lowest BCUT2D eigenvalue weighted by Gasteiger charge is -2.11. The number of carbonyl (C=O) groups is 1. The van der Waals surface area contributed by atoms with Gasteiger partial charge in [-0.1, -0.05) is 61.9 Å². The second-order valence-corrected chi connectivity index (χ2v) is 5.20. The third-order valence-electron chi connectivity index (χ3n) is 3.41. The molecule has 0 heterocycles. The van der Waals surface area contributed by atoms with E-state index in [0.29, 0.717) is 19.4 Å². The molecule has 2 nitrogen and oxygen atoms in total. The maximum absolute atomic E-state index is 11.9. The van der Waals surface area contributed by atoms with Crippen molar-refractivity contribution >= 4 is 5.78 Å². The summed E-state index contributed by atoms with van der Waals surface area (Å²) in [5, 5.41) is 0. The van der Waals surface area contributed by atoms with Gasteiger partial charge in [-0.15, -0.1) is 0 Å². The molecule has 0 N–H and O–H groups in total. The van der Waals surface area contributed by atoms with Gasteiger partial charge in [0.1, 0.15) is 18.1 Å². The Balaban J connectivity index is 1.98. The highest BCUT2D eigenvalue weighted by Gasteiger charge is 2.08. The molecule has 0 spiro atoms. The maximum Gasteiger partial charge on any atom is 0.137 e. The summed E-state index contributed by atoms with van der Waals surface area (Å²) in [6.07, 6.45) is 3.14. The minimum atomic E-state index is 0.285. The molecule has 0 atom stereocenters. The molecule has 0 aliphatic carbocycles. The fourth-order valence-electron chi connectivity index (χ4n) is 2.20. The first-order valence-corrected chi connectivity index (χ1v) is 7.56. The van der Waals surface area contributed by atoms with Gasteiger partial charge in [0.2, 0.25) is 0 Å². The number of Topliss-reactive ketones (excluding diaryl/α,β-unsaturated/α-hetero) is 1. The normalized spacial score (nSPS) is 10.3. The molecule has 21 heavy (non-hydrogen) atoms. The summed E-state index contributed by atoms with van der Waals surface area (Å²) >= 11 is 0. The molecule has 0 aliphatic heterocycles. The summed E-state index contributed by atoms with van der Waals surface area (Å²) in [6, 6.07) is 17.9. The van der Waals surface area contributed by atoms with Crippen molar-refractivity contribution in [3.05, 3.63) is 65.7 Å². The maximum atomic E-state index is 11.9. The van der Waals surface area contributed by atoms with Crippen molar-refractivity contribution in [1.29, 1.82) is 0 Å². The van der Waals surface area contributed by atoms with Gasteiger partial charge in [-0.25, -0.2) is 0 Å². The summed E-state index contributed by atoms with van der Waals surface area (Å²) in [6.45, 7) is 2.63. The molecule has 0 aliphatic rings. The Labute approximate surface area is 126 Å². The third-order valence-corrected chi connectivity index (χ3v) is 3.41. The number of benzene rings is 2. The fraction of sp³-hybridized carbons (Fsp3) is 0.316. The van der Waals surface area contributed by atoms with Crippen LogP contribution in [0.15, 0.2) is 54.6 Å². The highest BCUT2D eigenvalue weighted by molar-refractivity contribution is 5.81. The molecule has 0 radical (unpaired) electrons. The van der Waals surface area contributed by atoms with Gasteiger partial charge in [-0.05, 0) is 18.1 Å². The van der Waals surface area contributed by atoms with Crippen LogP contribution in [0.3, 0.4) is 0 Å². The van der Waals surface area contributed by atoms with E-state index < -0.39 is 0 Å². The Morgan fingerprint density at radius 2 is 1.71 bits per heavy atom. The van der Waals surface area contributed by atoms with E-state index in [1.165, 1.54) is 0 Å². The first kappa shape index (κ1) is 15.3. The molecule has 0 unspecified atom stereocenters. The van der Waals surface area contributed by atoms with Crippen LogP contribution >= 0.6 is 0 Å². The Hall–Kier alpha value is -2.09. The van der Waals surface area contributed by atoms with Crippen LogP contribution in [0.2, 0.25) is 0 Å². The molecule has 0 aromatic heterocycles. The van der Waals surface area contributed by atoms with Crippen molar-refractivity contribution in [3.63, 3.8) is 0 Å². The first-order valence-electron chi connectivity index (χ1n) is 7.56. The lowest BCUT2D eigenvalue weighted by atomic mass is 10.0. The van der Waals surface area contributed by atoms with Gasteiger partial charge in [0.05, 0.1) is 0 Å². The van der Waals surface area contributed by atoms with E-state index in [1.54, 1.807) is 0 Å². The summed E-state index contributed by atoms with van der Waals surface area (Å²) in [4.78, 5) is 11.9. The number of ketones is 1. The zero-order valence-corrected chi connectivity index (χ0v) is 12.5. The standard InChI is InChI=1S/C19H22O2/c1-2-3-12-18(20)14-17-11-7-8-13-19(17)21-15-16-9-5-4-6-10-16/h4-11,13H,2-3,12,14-15H2,1H3. The molecule has 0 saturated carbocycles. The minimum Gasteiger partial charge on any atom is -0.489 e. The molecular formula is C19H22O2. The Morgan fingerprint density at radius 3 is 2.48 bits per heavy atom. The minimum absolute atomic E-state index is 0.285. The van der Waals surface area contributed by atoms with Gasteiger partial charge in [0.25, 0.3) is 0 Å². The third kappa shape index (κ3) is 5.07. The Morgan fingerprint density at radius 1 is 1.00 bits per heavy atom. The van der Waals surface area contributed by atoms with E-state index in [2.05, 4.69) is 6.92 Å². The van der Waals surface area contributed by atoms with Gasteiger partial charge in [0.15, 0.2) is 0 Å². The molecule has 110 valence electrons. The van der Waals surface area contributed by atoms with Gasteiger partial charge in [0, 0.05) is 18.4 Å². The molecule has 0 saturated heterocycles. The second-order valence-electron chi connectivity index (χ2n) is 5.20. The average Bonchev–Trinajstić information content (AvgIpc) is 2.53. The topological polar surface area (TPSA) is 26.3 Å². The van der Waals surface area contributed by atoms with Gasteiger partial charge < -0.3 is 4.74 Å². The van der Waals surface area contributed by atoms with Crippen LogP contribution in [0.4, 0.5) is 0 Å². The number of unbranched alkanes of at least 4 members (excludes halogenated alkanes) is 1. The highest BCUT2D eigenvalue weighted by atomic mass is 16.5. The number of para-hydroxylation sites is 1. The largest absolute Gasteiger partial charge is 0.489 e. The zero-order chi connectivity index (χ0) is 14.9. The van der Waals surface area contributed by atoms with Crippen LogP contribution in [-0.2, 0) is 17.8 Å². The summed E-state index contributed by atoms with van der Waals surface area (Å²) in [7, 11) is 0. The molecular weight excluding hydrogens is 260 g/mol. The van der Waals surface area contributed by atoms with Crippen molar-refractivity contribution in [1.82, 2.24) is 0 Å². The van der Waals surface area contributed by atoms with Crippen LogP contribution in [0.1, 0.15) is 37.3 Å².